The van der Waals surface area contributed by atoms with Crippen molar-refractivity contribution in [3.8, 4) is 0 Å². The number of rotatable bonds is 15. The second-order valence-electron chi connectivity index (χ2n) is 12.3. The highest BCUT2D eigenvalue weighted by molar-refractivity contribution is 5.90. The standard InChI is InChI=1S/C34H48N10O/c45-33(27-11-3-1-4-12-27)43-23-21-42(22-24-43)32-30-15-7-8-16-31(30)38-34(39-32)37-25-29-26-44(41-40-29)20-10-18-35-17-9-19-36-28-13-5-2-6-14-28/h1,3-4,7-8,11-12,15-16,26,28,33,35-36,45H,2,5-6,9-10,13-14,17-25H2,(H,37,38,39). The number of nitrogens with one attached hydrogen (secondary N) is 3. The van der Waals surface area contributed by atoms with Gasteiger partial charge < -0.3 is 26.0 Å². The second-order valence-corrected chi connectivity index (χ2v) is 12.3. The van der Waals surface area contributed by atoms with Crippen molar-refractivity contribution in [2.45, 2.75) is 70.3 Å². The number of anilines is 2. The summed E-state index contributed by atoms with van der Waals surface area (Å²) in [5.41, 5.74) is 2.68. The molecule has 1 saturated carbocycles. The minimum Gasteiger partial charge on any atom is -0.374 e. The van der Waals surface area contributed by atoms with Gasteiger partial charge in [0.2, 0.25) is 5.95 Å². The van der Waals surface area contributed by atoms with Crippen molar-refractivity contribution in [3.05, 3.63) is 72.1 Å². The molecule has 4 aromatic rings. The van der Waals surface area contributed by atoms with Crippen LogP contribution in [0.4, 0.5) is 11.8 Å². The summed E-state index contributed by atoms with van der Waals surface area (Å²) >= 11 is 0. The summed E-state index contributed by atoms with van der Waals surface area (Å²) in [7, 11) is 0. The lowest BCUT2D eigenvalue weighted by Crippen LogP contribution is -2.48. The van der Waals surface area contributed by atoms with Gasteiger partial charge in [0.1, 0.15) is 17.7 Å². The molecular weight excluding hydrogens is 564 g/mol. The molecule has 11 nitrogen and oxygen atoms in total. The van der Waals surface area contributed by atoms with Crippen LogP contribution in [-0.4, -0.2) is 86.8 Å². The molecule has 1 unspecified atom stereocenters. The van der Waals surface area contributed by atoms with Gasteiger partial charge in [-0.15, -0.1) is 5.10 Å². The Balaban J connectivity index is 0.957. The average Bonchev–Trinajstić information content (AvgIpc) is 3.56. The van der Waals surface area contributed by atoms with Crippen molar-refractivity contribution in [2.24, 2.45) is 0 Å². The number of hydrogen-bond donors (Lipinski definition) is 4. The first-order valence-electron chi connectivity index (χ1n) is 16.8. The van der Waals surface area contributed by atoms with Crippen molar-refractivity contribution in [2.75, 3.05) is 56.0 Å². The minimum atomic E-state index is -0.601. The van der Waals surface area contributed by atoms with E-state index in [2.05, 4.69) is 42.1 Å². The zero-order valence-corrected chi connectivity index (χ0v) is 26.3. The van der Waals surface area contributed by atoms with E-state index in [1.54, 1.807) is 0 Å². The van der Waals surface area contributed by atoms with Gasteiger partial charge in [0, 0.05) is 44.2 Å². The van der Waals surface area contributed by atoms with Crippen molar-refractivity contribution in [3.63, 3.8) is 0 Å². The maximum Gasteiger partial charge on any atom is 0.225 e. The highest BCUT2D eigenvalue weighted by atomic mass is 16.3. The number of hydrogen-bond acceptors (Lipinski definition) is 10. The van der Waals surface area contributed by atoms with Crippen LogP contribution < -0.4 is 20.9 Å². The molecule has 0 spiro atoms. The smallest absolute Gasteiger partial charge is 0.225 e. The Kier molecular flexibility index (Phi) is 11.2. The summed E-state index contributed by atoms with van der Waals surface area (Å²) in [6, 6.07) is 18.7. The van der Waals surface area contributed by atoms with E-state index in [-0.39, 0.29) is 0 Å². The number of aromatic nitrogens is 5. The molecule has 2 fully saturated rings. The lowest BCUT2D eigenvalue weighted by molar-refractivity contribution is -0.00166. The van der Waals surface area contributed by atoms with Gasteiger partial charge in [-0.05, 0) is 63.0 Å². The predicted octanol–water partition coefficient (Wildman–Crippen LogP) is 3.94. The van der Waals surface area contributed by atoms with Crippen LogP contribution in [0.3, 0.4) is 0 Å². The summed E-state index contributed by atoms with van der Waals surface area (Å²) < 4.78 is 1.92. The number of aryl methyl sites for hydroxylation is 1. The molecule has 6 rings (SSSR count). The van der Waals surface area contributed by atoms with Crippen LogP contribution in [0.5, 0.6) is 0 Å². The molecule has 2 aromatic carbocycles. The number of benzene rings is 2. The molecule has 0 bridgehead atoms. The fourth-order valence-electron chi connectivity index (χ4n) is 6.41. The van der Waals surface area contributed by atoms with Crippen LogP contribution in [-0.2, 0) is 13.1 Å². The molecular formula is C34H48N10O. The first-order chi connectivity index (χ1) is 22.2. The summed E-state index contributed by atoms with van der Waals surface area (Å²) in [4.78, 5) is 14.1. The Bertz CT molecular complexity index is 1450. The molecule has 11 heteroatoms. The summed E-state index contributed by atoms with van der Waals surface area (Å²) in [6.07, 6.45) is 10.4. The van der Waals surface area contributed by atoms with E-state index in [0.29, 0.717) is 12.5 Å². The molecule has 4 N–H and O–H groups in total. The molecule has 0 amide bonds. The zero-order chi connectivity index (χ0) is 30.7. The maximum atomic E-state index is 10.9. The molecule has 1 aliphatic carbocycles. The van der Waals surface area contributed by atoms with Gasteiger partial charge in [-0.2, -0.15) is 4.98 Å². The first kappa shape index (κ1) is 31.3. The monoisotopic (exact) mass is 612 g/mol. The van der Waals surface area contributed by atoms with Gasteiger partial charge in [-0.25, -0.2) is 4.98 Å². The third-order valence-corrected chi connectivity index (χ3v) is 8.96. The average molecular weight is 613 g/mol. The lowest BCUT2D eigenvalue weighted by atomic mass is 9.95. The summed E-state index contributed by atoms with van der Waals surface area (Å²) in [5, 5.41) is 31.3. The fraction of sp³-hybridized carbons (Fsp3) is 0.529. The Labute approximate surface area is 266 Å². The normalized spacial score (nSPS) is 17.1. The Morgan fingerprint density at radius 2 is 1.62 bits per heavy atom. The van der Waals surface area contributed by atoms with E-state index in [4.69, 9.17) is 9.97 Å². The Hall–Kier alpha value is -3.64. The van der Waals surface area contributed by atoms with Crippen LogP contribution in [0.1, 0.15) is 62.4 Å². The molecule has 1 atom stereocenters. The Morgan fingerprint density at radius 3 is 2.47 bits per heavy atom. The van der Waals surface area contributed by atoms with Gasteiger partial charge in [0.05, 0.1) is 18.3 Å². The molecule has 240 valence electrons. The molecule has 0 radical (unpaired) electrons. The molecule has 2 aromatic heterocycles. The van der Waals surface area contributed by atoms with Crippen LogP contribution in [0.2, 0.25) is 0 Å². The van der Waals surface area contributed by atoms with Crippen molar-refractivity contribution < 1.29 is 5.11 Å². The van der Waals surface area contributed by atoms with E-state index in [1.165, 1.54) is 38.5 Å². The topological polar surface area (TPSA) is 119 Å². The molecule has 1 saturated heterocycles. The van der Waals surface area contributed by atoms with E-state index in [9.17, 15) is 5.11 Å². The van der Waals surface area contributed by atoms with Crippen LogP contribution in [0.15, 0.2) is 60.8 Å². The number of nitrogens with zero attached hydrogens (tertiary/aromatic N) is 7. The molecule has 45 heavy (non-hydrogen) atoms. The van der Waals surface area contributed by atoms with Crippen molar-refractivity contribution in [1.82, 2.24) is 40.5 Å². The van der Waals surface area contributed by atoms with E-state index in [0.717, 1.165) is 92.8 Å². The van der Waals surface area contributed by atoms with E-state index in [1.807, 2.05) is 59.4 Å². The third-order valence-electron chi connectivity index (χ3n) is 8.96. The van der Waals surface area contributed by atoms with Gasteiger partial charge in [0.25, 0.3) is 0 Å². The number of piperazine rings is 1. The SMILES string of the molecule is OC(c1ccccc1)N1CCN(c2nc(NCc3cn(CCCNCCCNC4CCCCC4)nn3)nc3ccccc23)CC1. The first-order valence-corrected chi connectivity index (χ1v) is 16.8. The lowest BCUT2D eigenvalue weighted by Gasteiger charge is -2.38. The van der Waals surface area contributed by atoms with Gasteiger partial charge in [-0.1, -0.05) is 66.9 Å². The highest BCUT2D eigenvalue weighted by Crippen LogP contribution is 2.28. The van der Waals surface area contributed by atoms with Gasteiger partial charge in [-0.3, -0.25) is 9.58 Å². The quantitative estimate of drug-likeness (QED) is 0.147. The molecule has 2 aliphatic rings. The predicted molar refractivity (Wildman–Crippen MR) is 179 cm³/mol. The van der Waals surface area contributed by atoms with Crippen molar-refractivity contribution >= 4 is 22.7 Å². The fourth-order valence-corrected chi connectivity index (χ4v) is 6.41. The number of aliphatic hydroxyl groups excluding tert-OH is 1. The van der Waals surface area contributed by atoms with E-state index < -0.39 is 6.23 Å². The van der Waals surface area contributed by atoms with Crippen LogP contribution in [0.25, 0.3) is 10.9 Å². The maximum absolute atomic E-state index is 10.9. The van der Waals surface area contributed by atoms with Crippen molar-refractivity contribution in [1.29, 1.82) is 0 Å². The second kappa shape index (κ2) is 16.1. The Morgan fingerprint density at radius 1 is 0.844 bits per heavy atom. The van der Waals surface area contributed by atoms with Crippen LogP contribution >= 0.6 is 0 Å². The zero-order valence-electron chi connectivity index (χ0n) is 26.3. The minimum absolute atomic E-state index is 0.501. The molecule has 1 aliphatic heterocycles. The number of fused-ring (bicyclic) bond motifs is 1. The van der Waals surface area contributed by atoms with Gasteiger partial charge >= 0.3 is 0 Å². The largest absolute Gasteiger partial charge is 0.374 e. The summed E-state index contributed by atoms with van der Waals surface area (Å²) in [6.45, 7) is 7.49. The van der Waals surface area contributed by atoms with Crippen LogP contribution in [0, 0.1) is 0 Å². The third kappa shape index (κ3) is 8.76. The number of para-hydroxylation sites is 1. The highest BCUT2D eigenvalue weighted by Gasteiger charge is 2.25. The molecule has 3 heterocycles. The van der Waals surface area contributed by atoms with E-state index >= 15 is 0 Å². The van der Waals surface area contributed by atoms with Gasteiger partial charge in [0.15, 0.2) is 0 Å². The number of aliphatic hydroxyl groups is 1. The summed E-state index contributed by atoms with van der Waals surface area (Å²) in [5.74, 6) is 1.49.